The van der Waals surface area contributed by atoms with Crippen LogP contribution in [0.5, 0.6) is 5.75 Å². The third kappa shape index (κ3) is 5.47. The summed E-state index contributed by atoms with van der Waals surface area (Å²) in [4.78, 5) is 8.40. The molecule has 1 saturated heterocycles. The van der Waals surface area contributed by atoms with Crippen molar-refractivity contribution in [2.24, 2.45) is 4.99 Å². The van der Waals surface area contributed by atoms with E-state index >= 15 is 0 Å². The fourth-order valence-electron chi connectivity index (χ4n) is 3.48. The zero-order chi connectivity index (χ0) is 18.9. The summed E-state index contributed by atoms with van der Waals surface area (Å²) in [5.41, 5.74) is 1.14. The van der Waals surface area contributed by atoms with Gasteiger partial charge in [-0.25, -0.2) is 0 Å². The Kier molecular flexibility index (Phi) is 7.54. The number of nitrogens with one attached hydrogen (secondary N) is 2. The fraction of sp³-hybridized carbons (Fsp3) is 0.476. The van der Waals surface area contributed by atoms with E-state index in [1.165, 1.54) is 30.8 Å². The second-order valence-electron chi connectivity index (χ2n) is 6.62. The van der Waals surface area contributed by atoms with E-state index in [1.54, 1.807) is 0 Å². The number of aliphatic imine (C=N–C) groups is 1. The van der Waals surface area contributed by atoms with Crippen LogP contribution in [0.2, 0.25) is 0 Å². The van der Waals surface area contributed by atoms with Gasteiger partial charge in [-0.2, -0.15) is 0 Å². The molecular formula is C21H30N4OS. The molecule has 0 radical (unpaired) electrons. The van der Waals surface area contributed by atoms with Crippen molar-refractivity contribution in [1.82, 2.24) is 15.5 Å². The number of rotatable bonds is 8. The summed E-state index contributed by atoms with van der Waals surface area (Å²) in [6.45, 7) is 6.57. The largest absolute Gasteiger partial charge is 0.494 e. The number of hydrogen-bond acceptors (Lipinski definition) is 4. The number of benzene rings is 1. The fourth-order valence-corrected chi connectivity index (χ4v) is 4.34. The van der Waals surface area contributed by atoms with Gasteiger partial charge < -0.3 is 15.4 Å². The number of ether oxygens (including phenoxy) is 1. The highest BCUT2D eigenvalue weighted by Crippen LogP contribution is 2.27. The van der Waals surface area contributed by atoms with Gasteiger partial charge in [0.2, 0.25) is 0 Å². The van der Waals surface area contributed by atoms with Crippen LogP contribution in [0.3, 0.4) is 0 Å². The van der Waals surface area contributed by atoms with Gasteiger partial charge in [0.15, 0.2) is 5.96 Å². The van der Waals surface area contributed by atoms with E-state index in [2.05, 4.69) is 44.1 Å². The lowest BCUT2D eigenvalue weighted by atomic mass is 10.2. The number of hydrogen-bond donors (Lipinski definition) is 2. The number of guanidine groups is 1. The van der Waals surface area contributed by atoms with Crippen LogP contribution in [0.25, 0.3) is 0 Å². The predicted octanol–water partition coefficient (Wildman–Crippen LogP) is 3.65. The van der Waals surface area contributed by atoms with Gasteiger partial charge in [0.25, 0.3) is 0 Å². The maximum atomic E-state index is 5.71. The molecule has 1 fully saturated rings. The van der Waals surface area contributed by atoms with Crippen LogP contribution in [0.4, 0.5) is 0 Å². The van der Waals surface area contributed by atoms with Crippen molar-refractivity contribution in [2.75, 3.05) is 33.3 Å². The normalized spacial score (nSPS) is 16.3. The minimum absolute atomic E-state index is 0.404. The van der Waals surface area contributed by atoms with Crippen molar-refractivity contribution in [2.45, 2.75) is 32.4 Å². The van der Waals surface area contributed by atoms with Crippen LogP contribution in [0.1, 0.15) is 36.2 Å². The van der Waals surface area contributed by atoms with Gasteiger partial charge in [0.05, 0.1) is 12.6 Å². The first kappa shape index (κ1) is 19.7. The standard InChI is InChI=1S/C21H30N4OS/c1-3-26-19-10-5-4-9-17(19)15-23-21(22-2)24-16-18(20-11-8-14-27-20)25-12-6-7-13-25/h4-5,8-11,14,18H,3,6-7,12-13,15-16H2,1-2H3,(H2,22,23,24). The Hall–Kier alpha value is -2.05. The summed E-state index contributed by atoms with van der Waals surface area (Å²) < 4.78 is 5.71. The van der Waals surface area contributed by atoms with Crippen molar-refractivity contribution < 1.29 is 4.74 Å². The van der Waals surface area contributed by atoms with Gasteiger partial charge in [-0.1, -0.05) is 24.3 Å². The molecule has 2 heterocycles. The topological polar surface area (TPSA) is 48.9 Å². The summed E-state index contributed by atoms with van der Waals surface area (Å²) in [6, 6.07) is 12.9. The summed E-state index contributed by atoms with van der Waals surface area (Å²) in [7, 11) is 1.82. The van der Waals surface area contributed by atoms with Crippen molar-refractivity contribution in [3.63, 3.8) is 0 Å². The molecule has 0 spiro atoms. The molecule has 5 nitrogen and oxygen atoms in total. The smallest absolute Gasteiger partial charge is 0.191 e. The molecule has 1 aliphatic rings. The molecule has 6 heteroatoms. The Labute approximate surface area is 166 Å². The number of thiophene rings is 1. The Morgan fingerprint density at radius 3 is 2.70 bits per heavy atom. The van der Waals surface area contributed by atoms with E-state index in [9.17, 15) is 0 Å². The molecular weight excluding hydrogens is 356 g/mol. The Bertz CT molecular complexity index is 711. The van der Waals surface area contributed by atoms with E-state index in [4.69, 9.17) is 4.74 Å². The molecule has 3 rings (SSSR count). The van der Waals surface area contributed by atoms with Crippen molar-refractivity contribution in [3.05, 3.63) is 52.2 Å². The second-order valence-corrected chi connectivity index (χ2v) is 7.60. The molecule has 0 saturated carbocycles. The first-order chi connectivity index (χ1) is 13.3. The van der Waals surface area contributed by atoms with Gasteiger partial charge in [-0.05, 0) is 50.4 Å². The lowest BCUT2D eigenvalue weighted by Crippen LogP contribution is -2.42. The summed E-state index contributed by atoms with van der Waals surface area (Å²) >= 11 is 1.84. The molecule has 2 N–H and O–H groups in total. The van der Waals surface area contributed by atoms with E-state index in [1.807, 2.05) is 43.5 Å². The Morgan fingerprint density at radius 1 is 1.19 bits per heavy atom. The quantitative estimate of drug-likeness (QED) is 0.537. The SMILES string of the molecule is CCOc1ccccc1CNC(=NC)NCC(c1cccs1)N1CCCC1. The molecule has 0 amide bonds. The molecule has 1 aliphatic heterocycles. The minimum atomic E-state index is 0.404. The van der Waals surface area contributed by atoms with Crippen LogP contribution >= 0.6 is 11.3 Å². The van der Waals surface area contributed by atoms with Gasteiger partial charge >= 0.3 is 0 Å². The lowest BCUT2D eigenvalue weighted by Gasteiger charge is -2.27. The Balaban J connectivity index is 1.58. The maximum absolute atomic E-state index is 5.71. The molecule has 2 aromatic rings. The van der Waals surface area contributed by atoms with E-state index in [0.717, 1.165) is 23.8 Å². The summed E-state index contributed by atoms with van der Waals surface area (Å²) in [5, 5.41) is 9.10. The number of nitrogens with zero attached hydrogens (tertiary/aromatic N) is 2. The summed E-state index contributed by atoms with van der Waals surface area (Å²) in [6.07, 6.45) is 2.59. The monoisotopic (exact) mass is 386 g/mol. The second kappa shape index (κ2) is 10.3. The third-order valence-corrected chi connectivity index (χ3v) is 5.83. The number of likely N-dealkylation sites (tertiary alicyclic amines) is 1. The summed E-state index contributed by atoms with van der Waals surface area (Å²) in [5.74, 6) is 1.75. The molecule has 1 atom stereocenters. The average Bonchev–Trinajstić information content (AvgIpc) is 3.40. The van der Waals surface area contributed by atoms with Crippen LogP contribution < -0.4 is 15.4 Å². The maximum Gasteiger partial charge on any atom is 0.191 e. The molecule has 1 aromatic heterocycles. The molecule has 0 aliphatic carbocycles. The first-order valence-electron chi connectivity index (χ1n) is 9.74. The minimum Gasteiger partial charge on any atom is -0.494 e. The molecule has 1 aromatic carbocycles. The predicted molar refractivity (Wildman–Crippen MR) is 114 cm³/mol. The number of para-hydroxylation sites is 1. The molecule has 1 unspecified atom stereocenters. The van der Waals surface area contributed by atoms with Crippen molar-refractivity contribution >= 4 is 17.3 Å². The van der Waals surface area contributed by atoms with E-state index in [-0.39, 0.29) is 0 Å². The molecule has 27 heavy (non-hydrogen) atoms. The van der Waals surface area contributed by atoms with Crippen molar-refractivity contribution in [3.8, 4) is 5.75 Å². The average molecular weight is 387 g/mol. The van der Waals surface area contributed by atoms with Gasteiger partial charge in [0, 0.05) is 30.6 Å². The highest BCUT2D eigenvalue weighted by molar-refractivity contribution is 7.10. The van der Waals surface area contributed by atoms with Crippen LogP contribution in [-0.4, -0.2) is 44.1 Å². The zero-order valence-corrected chi connectivity index (χ0v) is 17.1. The van der Waals surface area contributed by atoms with Gasteiger partial charge in [-0.15, -0.1) is 11.3 Å². The van der Waals surface area contributed by atoms with Crippen LogP contribution in [0.15, 0.2) is 46.8 Å². The van der Waals surface area contributed by atoms with E-state index < -0.39 is 0 Å². The van der Waals surface area contributed by atoms with E-state index in [0.29, 0.717) is 19.2 Å². The third-order valence-electron chi connectivity index (χ3n) is 4.86. The Morgan fingerprint density at radius 2 is 2.00 bits per heavy atom. The highest BCUT2D eigenvalue weighted by atomic mass is 32.1. The lowest BCUT2D eigenvalue weighted by molar-refractivity contribution is 0.249. The van der Waals surface area contributed by atoms with Gasteiger partial charge in [-0.3, -0.25) is 9.89 Å². The highest BCUT2D eigenvalue weighted by Gasteiger charge is 2.24. The molecule has 0 bridgehead atoms. The molecule has 146 valence electrons. The zero-order valence-electron chi connectivity index (χ0n) is 16.3. The van der Waals surface area contributed by atoms with Crippen molar-refractivity contribution in [1.29, 1.82) is 0 Å². The van der Waals surface area contributed by atoms with Crippen LogP contribution in [-0.2, 0) is 6.54 Å². The van der Waals surface area contributed by atoms with Crippen LogP contribution in [0, 0.1) is 0 Å². The van der Waals surface area contributed by atoms with Gasteiger partial charge in [0.1, 0.15) is 5.75 Å². The first-order valence-corrected chi connectivity index (χ1v) is 10.6.